The lowest BCUT2D eigenvalue weighted by atomic mass is 9.73. The number of aromatic nitrogens is 1. The van der Waals surface area contributed by atoms with Gasteiger partial charge < -0.3 is 43.6 Å². The molecule has 3 saturated heterocycles. The first-order valence-corrected chi connectivity index (χ1v) is 20.7. The number of hydrogen-bond acceptors (Lipinski definition) is 14. The van der Waals surface area contributed by atoms with Crippen molar-refractivity contribution in [1.82, 2.24) is 9.88 Å². The molecule has 1 aromatic carbocycles. The average molecular weight is 825 g/mol. The maximum atomic E-state index is 14.5. The number of amides is 1. The molecule has 59 heavy (non-hydrogen) atoms. The Labute approximate surface area is 347 Å². The van der Waals surface area contributed by atoms with E-state index in [2.05, 4.69) is 15.1 Å². The first-order valence-electron chi connectivity index (χ1n) is 20.7. The fraction of sp³-hybridized carbons (Fsp3) is 0.682. The van der Waals surface area contributed by atoms with E-state index >= 15 is 0 Å². The number of carbonyl (C=O) groups excluding carboxylic acids is 3. The summed E-state index contributed by atoms with van der Waals surface area (Å²) in [6.45, 7) is 14.9. The molecule has 2 aromatic rings. The van der Waals surface area contributed by atoms with E-state index in [0.717, 1.165) is 16.5 Å². The number of cyclic esters (lactones) is 1. The van der Waals surface area contributed by atoms with Gasteiger partial charge >= 0.3 is 5.97 Å². The van der Waals surface area contributed by atoms with Crippen LogP contribution in [0, 0.1) is 23.7 Å². The van der Waals surface area contributed by atoms with Crippen LogP contribution in [-0.4, -0.2) is 131 Å². The van der Waals surface area contributed by atoms with Crippen LogP contribution in [0.15, 0.2) is 46.7 Å². The monoisotopic (exact) mass is 824 g/mol. The number of ether oxygens (including phenoxy) is 5. The minimum absolute atomic E-state index is 0.0771. The summed E-state index contributed by atoms with van der Waals surface area (Å²) in [5.41, 5.74) is -0.898. The number of Topliss-reactive ketones (excluding diaryl/α,β-unsaturated/α-hetero) is 1. The van der Waals surface area contributed by atoms with Gasteiger partial charge in [0, 0.05) is 47.7 Å². The molecule has 3 aliphatic heterocycles. The normalized spacial score (nSPS) is 38.1. The van der Waals surface area contributed by atoms with E-state index in [0.29, 0.717) is 17.8 Å². The van der Waals surface area contributed by atoms with Gasteiger partial charge in [-0.1, -0.05) is 51.0 Å². The van der Waals surface area contributed by atoms with E-state index in [-0.39, 0.29) is 44.8 Å². The van der Waals surface area contributed by atoms with Crippen LogP contribution in [0.1, 0.15) is 87.1 Å². The van der Waals surface area contributed by atoms with Crippen molar-refractivity contribution in [1.29, 1.82) is 0 Å². The lowest BCUT2D eigenvalue weighted by molar-refractivity contribution is -0.296. The largest absolute Gasteiger partial charge is 0.459 e. The van der Waals surface area contributed by atoms with Gasteiger partial charge in [-0.25, -0.2) is 4.99 Å². The summed E-state index contributed by atoms with van der Waals surface area (Å²) in [4.78, 5) is 58.1. The van der Waals surface area contributed by atoms with Crippen LogP contribution < -0.4 is 0 Å². The number of carbonyl (C=O) groups is 3. The van der Waals surface area contributed by atoms with Gasteiger partial charge in [0.15, 0.2) is 12.1 Å². The number of ketones is 1. The number of oxime groups is 1. The molecule has 4 heterocycles. The number of pyridine rings is 1. The molecule has 5 rings (SSSR count). The van der Waals surface area contributed by atoms with E-state index in [4.69, 9.17) is 28.5 Å². The fourth-order valence-corrected chi connectivity index (χ4v) is 9.00. The number of aliphatic hydroxyl groups excluding tert-OH is 1. The van der Waals surface area contributed by atoms with Crippen LogP contribution in [0.2, 0.25) is 0 Å². The van der Waals surface area contributed by atoms with Crippen molar-refractivity contribution in [3.63, 3.8) is 0 Å². The number of hydrogen-bond donors (Lipinski definition) is 2. The van der Waals surface area contributed by atoms with Gasteiger partial charge in [0.2, 0.25) is 5.91 Å². The number of para-hydroxylation sites is 1. The molecule has 0 unspecified atom stereocenters. The van der Waals surface area contributed by atoms with Gasteiger partial charge in [-0.05, 0) is 79.1 Å². The van der Waals surface area contributed by atoms with Crippen molar-refractivity contribution in [3.05, 3.63) is 42.1 Å². The molecule has 0 saturated carbocycles. The number of aliphatic hydroxyl groups is 2. The van der Waals surface area contributed by atoms with Crippen molar-refractivity contribution in [3.8, 4) is 0 Å². The first kappa shape index (κ1) is 46.4. The van der Waals surface area contributed by atoms with Crippen LogP contribution in [0.25, 0.3) is 10.9 Å². The molecule has 3 aliphatic rings. The van der Waals surface area contributed by atoms with Gasteiger partial charge in [0.25, 0.3) is 0 Å². The summed E-state index contributed by atoms with van der Waals surface area (Å²) >= 11 is 0. The Kier molecular flexibility index (Phi) is 15.2. The van der Waals surface area contributed by atoms with Crippen molar-refractivity contribution >= 4 is 40.0 Å². The van der Waals surface area contributed by atoms with Crippen LogP contribution in [0.5, 0.6) is 0 Å². The van der Waals surface area contributed by atoms with E-state index in [1.165, 1.54) is 20.8 Å². The predicted octanol–water partition coefficient (Wildman–Crippen LogP) is 4.67. The summed E-state index contributed by atoms with van der Waals surface area (Å²) < 4.78 is 32.5. The summed E-state index contributed by atoms with van der Waals surface area (Å²) in [5.74, 6) is -5.29. The van der Waals surface area contributed by atoms with Crippen LogP contribution in [0.3, 0.4) is 0 Å². The van der Waals surface area contributed by atoms with Crippen molar-refractivity contribution in [2.24, 2.45) is 33.8 Å². The molecular formula is C44H64N4O11. The third kappa shape index (κ3) is 10.6. The standard InChI is InChI=1S/C44H64N4O11/c1-12-35-44(9,53)40-26(4)36(46-29(7)49)24(2)19-43(8,55-23-32(22-54-40)47-56-21-30-18-31-15-13-14-16-33(31)45-20-30)39(27(5)37(50)28(6)41(52)58-35)59-42-38(51)34(48(10)11)17-25(3)57-42/h13-16,18,20,24-28,34-35,38-40,42,51,53H,12,17,19,21-23H2,1-11H3/b46-36?,47-32-/t24-,25-,26+,27+,28-,34+,35-,38-,39-,40-,42+,43+,44-/m1/s1. The smallest absolute Gasteiger partial charge is 0.316 e. The minimum atomic E-state index is -1.85. The third-order valence-corrected chi connectivity index (χ3v) is 12.2. The number of benzene rings is 1. The van der Waals surface area contributed by atoms with Gasteiger partial charge in [0.05, 0.1) is 42.6 Å². The highest BCUT2D eigenvalue weighted by atomic mass is 16.7. The highest BCUT2D eigenvalue weighted by Crippen LogP contribution is 2.40. The molecule has 15 nitrogen and oxygen atoms in total. The Hall–Kier alpha value is -3.70. The Balaban J connectivity index is 1.66. The van der Waals surface area contributed by atoms with Gasteiger partial charge in [-0.3, -0.25) is 19.4 Å². The van der Waals surface area contributed by atoms with E-state index in [1.807, 2.05) is 70.1 Å². The topological polar surface area (TPSA) is 188 Å². The highest BCUT2D eigenvalue weighted by Gasteiger charge is 2.53. The van der Waals surface area contributed by atoms with Crippen LogP contribution in [-0.2, 0) is 49.5 Å². The van der Waals surface area contributed by atoms with E-state index in [1.54, 1.807) is 27.0 Å². The van der Waals surface area contributed by atoms with Gasteiger partial charge in [-0.15, -0.1) is 0 Å². The molecule has 3 fully saturated rings. The predicted molar refractivity (Wildman–Crippen MR) is 221 cm³/mol. The Morgan fingerprint density at radius 2 is 1.78 bits per heavy atom. The van der Waals surface area contributed by atoms with E-state index < -0.39 is 83.2 Å². The van der Waals surface area contributed by atoms with Gasteiger partial charge in [0.1, 0.15) is 36.0 Å². The fourth-order valence-electron chi connectivity index (χ4n) is 9.00. The first-order chi connectivity index (χ1) is 27.8. The molecule has 2 N–H and O–H groups in total. The molecule has 15 heteroatoms. The number of likely N-dealkylation sites (N-methyl/N-ethyl adjacent to an activating group) is 1. The lowest BCUT2D eigenvalue weighted by Crippen LogP contribution is -2.60. The van der Waals surface area contributed by atoms with Gasteiger partial charge in [-0.2, -0.15) is 0 Å². The molecule has 0 spiro atoms. The average Bonchev–Trinajstić information content (AvgIpc) is 3.20. The lowest BCUT2D eigenvalue weighted by Gasteiger charge is -2.47. The molecule has 0 radical (unpaired) electrons. The number of nitrogens with zero attached hydrogens (tertiary/aromatic N) is 4. The zero-order chi connectivity index (χ0) is 43.4. The molecule has 2 bridgehead atoms. The SMILES string of the molecule is CC[C@H]1OC(=O)[C@H](C)C(=O)[C@H](C)[C@@H](O[C@@H]2O[C@H](C)C[C@H](N(C)C)[C@H]2O)[C@]2(C)C[C@@H](C)C(=NC(C)=O)[C@H](C)[C@@H](OC/C(=N/OCc3cnc4ccccc4c3)CO2)[C@]1(C)O. The zero-order valence-electron chi connectivity index (χ0n) is 36.4. The van der Waals surface area contributed by atoms with Crippen molar-refractivity contribution in [2.75, 3.05) is 27.3 Å². The number of esters is 1. The maximum absolute atomic E-state index is 14.5. The Morgan fingerprint density at radius 1 is 1.07 bits per heavy atom. The summed E-state index contributed by atoms with van der Waals surface area (Å²) in [5, 5.41) is 29.5. The molecule has 1 aromatic heterocycles. The number of fused-ring (bicyclic) bond motifs is 6. The Bertz CT molecular complexity index is 1870. The van der Waals surface area contributed by atoms with Crippen LogP contribution >= 0.6 is 0 Å². The molecular weight excluding hydrogens is 761 g/mol. The van der Waals surface area contributed by atoms with Crippen molar-refractivity contribution in [2.45, 2.75) is 142 Å². The molecule has 1 amide bonds. The molecule has 13 atom stereocenters. The number of aliphatic imine (C=N–C) groups is 1. The molecule has 0 aliphatic carbocycles. The molecule has 326 valence electrons. The zero-order valence-corrected chi connectivity index (χ0v) is 36.4. The number of rotatable bonds is 7. The third-order valence-electron chi connectivity index (χ3n) is 12.2. The quantitative estimate of drug-likeness (QED) is 0.223. The second kappa shape index (κ2) is 19.3. The second-order valence-electron chi connectivity index (χ2n) is 17.4. The summed E-state index contributed by atoms with van der Waals surface area (Å²) in [6, 6.07) is 9.39. The van der Waals surface area contributed by atoms with E-state index in [9.17, 15) is 24.6 Å². The minimum Gasteiger partial charge on any atom is -0.459 e. The maximum Gasteiger partial charge on any atom is 0.316 e. The van der Waals surface area contributed by atoms with Crippen LogP contribution in [0.4, 0.5) is 0 Å². The highest BCUT2D eigenvalue weighted by molar-refractivity contribution is 6.00. The Morgan fingerprint density at radius 3 is 2.46 bits per heavy atom. The van der Waals surface area contributed by atoms with Crippen molar-refractivity contribution < 1.29 is 53.1 Å². The summed E-state index contributed by atoms with van der Waals surface area (Å²) in [7, 11) is 3.74. The second-order valence-corrected chi connectivity index (χ2v) is 17.4. The summed E-state index contributed by atoms with van der Waals surface area (Å²) in [6.07, 6.45) is -3.36.